The van der Waals surface area contributed by atoms with Crippen molar-refractivity contribution in [3.8, 4) is 5.75 Å². The predicted molar refractivity (Wildman–Crippen MR) is 96.0 cm³/mol. The smallest absolute Gasteiger partial charge is 0.265 e. The summed E-state index contributed by atoms with van der Waals surface area (Å²) in [5.41, 5.74) is 1.83. The monoisotopic (exact) mass is 335 g/mol. The van der Waals surface area contributed by atoms with Crippen LogP contribution in [-0.2, 0) is 11.3 Å². The molecule has 0 spiro atoms. The van der Waals surface area contributed by atoms with Crippen molar-refractivity contribution in [3.05, 3.63) is 96.3 Å². The van der Waals surface area contributed by atoms with Gasteiger partial charge in [-0.25, -0.2) is 4.39 Å². The van der Waals surface area contributed by atoms with Gasteiger partial charge in [-0.05, 0) is 42.0 Å². The SMILES string of the molecule is O=C(COc1ccc(F)cc1)N(Cc1ccccc1)c1ccccc1. The molecule has 0 fully saturated rings. The van der Waals surface area contributed by atoms with Crippen LogP contribution in [0.1, 0.15) is 5.56 Å². The summed E-state index contributed by atoms with van der Waals surface area (Å²) in [6, 6.07) is 24.9. The summed E-state index contributed by atoms with van der Waals surface area (Å²) < 4.78 is 18.5. The van der Waals surface area contributed by atoms with Gasteiger partial charge in [0.1, 0.15) is 11.6 Å². The summed E-state index contributed by atoms with van der Waals surface area (Å²) in [7, 11) is 0. The Labute approximate surface area is 146 Å². The molecule has 126 valence electrons. The fourth-order valence-electron chi connectivity index (χ4n) is 2.45. The molecule has 0 aromatic heterocycles. The van der Waals surface area contributed by atoms with Gasteiger partial charge in [-0.3, -0.25) is 4.79 Å². The molecule has 0 radical (unpaired) electrons. The molecule has 0 unspecified atom stereocenters. The number of rotatable bonds is 6. The van der Waals surface area contributed by atoms with E-state index in [4.69, 9.17) is 4.74 Å². The van der Waals surface area contributed by atoms with E-state index in [1.807, 2.05) is 60.7 Å². The van der Waals surface area contributed by atoms with Crippen molar-refractivity contribution in [2.24, 2.45) is 0 Å². The Morgan fingerprint density at radius 2 is 1.44 bits per heavy atom. The Bertz CT molecular complexity index is 804. The van der Waals surface area contributed by atoms with Crippen molar-refractivity contribution in [2.45, 2.75) is 6.54 Å². The molecule has 4 heteroatoms. The normalized spacial score (nSPS) is 10.3. The maximum Gasteiger partial charge on any atom is 0.265 e. The molecule has 3 rings (SSSR count). The van der Waals surface area contributed by atoms with Gasteiger partial charge in [-0.2, -0.15) is 0 Å². The number of benzene rings is 3. The lowest BCUT2D eigenvalue weighted by atomic mass is 10.2. The molecular formula is C21H18FNO2. The molecule has 3 nitrogen and oxygen atoms in total. The molecule has 3 aromatic rings. The molecule has 0 saturated carbocycles. The molecule has 0 heterocycles. The number of anilines is 1. The van der Waals surface area contributed by atoms with Crippen LogP contribution in [0.3, 0.4) is 0 Å². The van der Waals surface area contributed by atoms with Crippen molar-refractivity contribution in [3.63, 3.8) is 0 Å². The Balaban J connectivity index is 1.74. The van der Waals surface area contributed by atoms with Gasteiger partial charge in [-0.15, -0.1) is 0 Å². The van der Waals surface area contributed by atoms with Crippen molar-refractivity contribution in [1.82, 2.24) is 0 Å². The van der Waals surface area contributed by atoms with E-state index in [0.717, 1.165) is 11.3 Å². The Kier molecular flexibility index (Phi) is 5.42. The van der Waals surface area contributed by atoms with Crippen LogP contribution in [-0.4, -0.2) is 12.5 Å². The quantitative estimate of drug-likeness (QED) is 0.666. The number of hydrogen-bond donors (Lipinski definition) is 0. The molecule has 0 aliphatic carbocycles. The average Bonchev–Trinajstić information content (AvgIpc) is 2.67. The summed E-state index contributed by atoms with van der Waals surface area (Å²) in [6.07, 6.45) is 0. The summed E-state index contributed by atoms with van der Waals surface area (Å²) in [5, 5.41) is 0. The number of ether oxygens (including phenoxy) is 1. The lowest BCUT2D eigenvalue weighted by molar-refractivity contribution is -0.120. The minimum atomic E-state index is -0.339. The molecule has 25 heavy (non-hydrogen) atoms. The highest BCUT2D eigenvalue weighted by Gasteiger charge is 2.16. The molecule has 0 aliphatic heterocycles. The van der Waals surface area contributed by atoms with E-state index >= 15 is 0 Å². The average molecular weight is 335 g/mol. The van der Waals surface area contributed by atoms with E-state index in [1.165, 1.54) is 24.3 Å². The molecule has 3 aromatic carbocycles. The van der Waals surface area contributed by atoms with Crippen molar-refractivity contribution in [2.75, 3.05) is 11.5 Å². The Hall–Kier alpha value is -3.14. The molecule has 0 bridgehead atoms. The van der Waals surface area contributed by atoms with Gasteiger partial charge < -0.3 is 9.64 Å². The molecule has 0 aliphatic rings. The van der Waals surface area contributed by atoms with Crippen LogP contribution < -0.4 is 9.64 Å². The zero-order valence-electron chi connectivity index (χ0n) is 13.6. The first kappa shape index (κ1) is 16.7. The summed E-state index contributed by atoms with van der Waals surface area (Å²) in [5.74, 6) is -0.0458. The molecule has 0 N–H and O–H groups in total. The van der Waals surface area contributed by atoms with E-state index in [0.29, 0.717) is 12.3 Å². The number of para-hydroxylation sites is 1. The predicted octanol–water partition coefficient (Wildman–Crippen LogP) is 4.44. The van der Waals surface area contributed by atoms with Crippen LogP contribution in [0.4, 0.5) is 10.1 Å². The maximum absolute atomic E-state index is 12.9. The number of carbonyl (C=O) groups is 1. The Morgan fingerprint density at radius 3 is 2.08 bits per heavy atom. The lowest BCUT2D eigenvalue weighted by Crippen LogP contribution is -2.34. The minimum absolute atomic E-state index is 0.118. The second-order valence-electron chi connectivity index (χ2n) is 5.54. The van der Waals surface area contributed by atoms with Crippen LogP contribution in [0.5, 0.6) is 5.75 Å². The highest BCUT2D eigenvalue weighted by atomic mass is 19.1. The zero-order chi connectivity index (χ0) is 17.5. The van der Waals surface area contributed by atoms with Crippen molar-refractivity contribution >= 4 is 11.6 Å². The van der Waals surface area contributed by atoms with E-state index in [2.05, 4.69) is 0 Å². The minimum Gasteiger partial charge on any atom is -0.484 e. The maximum atomic E-state index is 12.9. The van der Waals surface area contributed by atoms with Gasteiger partial charge >= 0.3 is 0 Å². The van der Waals surface area contributed by atoms with Gasteiger partial charge in [0.25, 0.3) is 5.91 Å². The van der Waals surface area contributed by atoms with Crippen LogP contribution >= 0.6 is 0 Å². The number of carbonyl (C=O) groups excluding carboxylic acids is 1. The van der Waals surface area contributed by atoms with Gasteiger partial charge in [-0.1, -0.05) is 48.5 Å². The standard InChI is InChI=1S/C21H18FNO2/c22-18-11-13-20(14-12-18)25-16-21(24)23(19-9-5-2-6-10-19)15-17-7-3-1-4-8-17/h1-14H,15-16H2. The highest BCUT2D eigenvalue weighted by Crippen LogP contribution is 2.18. The third-order valence-electron chi connectivity index (χ3n) is 3.73. The van der Waals surface area contributed by atoms with E-state index in [9.17, 15) is 9.18 Å². The van der Waals surface area contributed by atoms with Crippen molar-refractivity contribution in [1.29, 1.82) is 0 Å². The summed E-state index contributed by atoms with van der Waals surface area (Å²) >= 11 is 0. The fraction of sp³-hybridized carbons (Fsp3) is 0.0952. The second kappa shape index (κ2) is 8.11. The van der Waals surface area contributed by atoms with E-state index < -0.39 is 0 Å². The molecule has 0 saturated heterocycles. The third-order valence-corrected chi connectivity index (χ3v) is 3.73. The zero-order valence-corrected chi connectivity index (χ0v) is 13.6. The van der Waals surface area contributed by atoms with Gasteiger partial charge in [0, 0.05) is 5.69 Å². The van der Waals surface area contributed by atoms with E-state index in [1.54, 1.807) is 4.90 Å². The lowest BCUT2D eigenvalue weighted by Gasteiger charge is -2.23. The summed E-state index contributed by atoms with van der Waals surface area (Å²) in [4.78, 5) is 14.4. The first-order chi connectivity index (χ1) is 12.2. The third kappa shape index (κ3) is 4.67. The summed E-state index contributed by atoms with van der Waals surface area (Å²) in [6.45, 7) is 0.337. The largest absolute Gasteiger partial charge is 0.484 e. The Morgan fingerprint density at radius 1 is 0.840 bits per heavy atom. The number of amides is 1. The topological polar surface area (TPSA) is 29.5 Å². The fourth-order valence-corrected chi connectivity index (χ4v) is 2.45. The number of halogens is 1. The first-order valence-electron chi connectivity index (χ1n) is 8.00. The number of nitrogens with zero attached hydrogens (tertiary/aromatic N) is 1. The number of hydrogen-bond acceptors (Lipinski definition) is 2. The van der Waals surface area contributed by atoms with Crippen molar-refractivity contribution < 1.29 is 13.9 Å². The molecular weight excluding hydrogens is 317 g/mol. The van der Waals surface area contributed by atoms with Crippen LogP contribution in [0.15, 0.2) is 84.9 Å². The van der Waals surface area contributed by atoms with Crippen LogP contribution in [0.25, 0.3) is 0 Å². The van der Waals surface area contributed by atoms with Crippen LogP contribution in [0, 0.1) is 5.82 Å². The van der Waals surface area contributed by atoms with Gasteiger partial charge in [0.05, 0.1) is 6.54 Å². The van der Waals surface area contributed by atoms with Gasteiger partial charge in [0.2, 0.25) is 0 Å². The van der Waals surface area contributed by atoms with Crippen LogP contribution in [0.2, 0.25) is 0 Å². The first-order valence-corrected chi connectivity index (χ1v) is 8.00. The van der Waals surface area contributed by atoms with Gasteiger partial charge in [0.15, 0.2) is 6.61 Å². The van der Waals surface area contributed by atoms with E-state index in [-0.39, 0.29) is 18.3 Å². The highest BCUT2D eigenvalue weighted by molar-refractivity contribution is 5.94. The second-order valence-corrected chi connectivity index (χ2v) is 5.54. The molecule has 0 atom stereocenters. The molecule has 1 amide bonds.